The van der Waals surface area contributed by atoms with Crippen LogP contribution in [-0.2, 0) is 14.9 Å². The number of quaternary nitrogens is 1. The van der Waals surface area contributed by atoms with E-state index in [2.05, 4.69) is 36.1 Å². The molecule has 5 heterocycles. The highest BCUT2D eigenvalue weighted by Gasteiger charge is 2.48. The quantitative estimate of drug-likeness (QED) is 0.410. The number of benzene rings is 1. The minimum absolute atomic E-state index is 0.0279. The van der Waals surface area contributed by atoms with E-state index in [0.29, 0.717) is 36.3 Å². The maximum Gasteiger partial charge on any atom is 0.264 e. The Labute approximate surface area is 243 Å². The number of hydrogen-bond acceptors (Lipinski definition) is 8. The molecule has 0 saturated carbocycles. The predicted octanol–water partition coefficient (Wildman–Crippen LogP) is 4.19. The van der Waals surface area contributed by atoms with Crippen molar-refractivity contribution in [3.63, 3.8) is 0 Å². The fraction of sp³-hybridized carbons (Fsp3) is 0.433. The number of fused-ring (bicyclic) bond motifs is 1. The Balaban J connectivity index is 1.22. The molecule has 0 radical (unpaired) electrons. The molecule has 0 aliphatic carbocycles. The fourth-order valence-corrected chi connectivity index (χ4v) is 6.49. The highest BCUT2D eigenvalue weighted by atomic mass is 32.1. The van der Waals surface area contributed by atoms with Crippen LogP contribution in [0.15, 0.2) is 64.2 Å². The molecule has 1 aromatic heterocycles. The second-order valence-electron chi connectivity index (χ2n) is 12.5. The molecule has 0 bridgehead atoms. The number of amidine groups is 1. The van der Waals surface area contributed by atoms with Crippen molar-refractivity contribution in [2.45, 2.75) is 46.0 Å². The Morgan fingerprint density at radius 1 is 1.22 bits per heavy atom. The Kier molecular flexibility index (Phi) is 6.80. The van der Waals surface area contributed by atoms with E-state index >= 15 is 0 Å². The fourth-order valence-electron chi connectivity index (χ4n) is 5.62. The molecule has 1 aromatic carbocycles. The number of nitrogens with one attached hydrogen (secondary N) is 1. The van der Waals surface area contributed by atoms with Crippen LogP contribution in [-0.4, -0.2) is 64.6 Å². The summed E-state index contributed by atoms with van der Waals surface area (Å²) < 4.78 is 5.24. The molecule has 2 amide bonds. The summed E-state index contributed by atoms with van der Waals surface area (Å²) in [6.07, 6.45) is 8.89. The van der Waals surface area contributed by atoms with Gasteiger partial charge in [-0.05, 0) is 49.4 Å². The number of anilines is 1. The van der Waals surface area contributed by atoms with Gasteiger partial charge in [0.05, 0.1) is 36.6 Å². The highest BCUT2D eigenvalue weighted by Crippen LogP contribution is 2.39. The number of aliphatic imine (C=N–C) groups is 2. The van der Waals surface area contributed by atoms with Gasteiger partial charge in [-0.1, -0.05) is 20.8 Å². The van der Waals surface area contributed by atoms with E-state index < -0.39 is 5.41 Å². The van der Waals surface area contributed by atoms with Gasteiger partial charge in [-0.15, -0.1) is 15.9 Å². The van der Waals surface area contributed by atoms with Crippen LogP contribution >= 0.6 is 11.3 Å². The largest absolute Gasteiger partial charge is 0.379 e. The van der Waals surface area contributed by atoms with Crippen molar-refractivity contribution >= 4 is 40.3 Å². The van der Waals surface area contributed by atoms with E-state index in [1.54, 1.807) is 24.5 Å². The monoisotopic (exact) mass is 574 g/mol. The van der Waals surface area contributed by atoms with Crippen molar-refractivity contribution in [3.8, 4) is 0 Å². The lowest BCUT2D eigenvalue weighted by Crippen LogP contribution is -2.55. The molecule has 4 aliphatic rings. The van der Waals surface area contributed by atoms with Crippen LogP contribution in [0.2, 0.25) is 0 Å². The topological polar surface area (TPSA) is 122 Å². The summed E-state index contributed by atoms with van der Waals surface area (Å²) in [5.41, 5.74) is 2.53. The average Bonchev–Trinajstić information content (AvgIpc) is 3.54. The number of hydrogen-bond donors (Lipinski definition) is 2. The third-order valence-electron chi connectivity index (χ3n) is 8.15. The highest BCUT2D eigenvalue weighted by molar-refractivity contribution is 7.15. The second-order valence-corrected chi connectivity index (χ2v) is 13.5. The number of carbonyl (C=O) groups excluding carboxylic acids is 2. The maximum absolute atomic E-state index is 13.2. The SMILES string of the molecule is CC1(C(=O)N2CCC[C@@H](C3=C4C=NC=C[N+]4(N)C(c4ccc(C(=O)Nc5ncc(C(C)(C)C)s5)cc4)=N3)C2)COC1. The smallest absolute Gasteiger partial charge is 0.264 e. The Bertz CT molecular complexity index is 1510. The maximum atomic E-state index is 13.2. The third-order valence-corrected chi connectivity index (χ3v) is 9.48. The molecule has 2 atom stereocenters. The van der Waals surface area contributed by atoms with Crippen LogP contribution in [0.1, 0.15) is 61.3 Å². The van der Waals surface area contributed by atoms with E-state index in [0.717, 1.165) is 41.2 Å². The number of thiazole rings is 1. The average molecular weight is 575 g/mol. The first kappa shape index (κ1) is 27.6. The number of amides is 2. The second kappa shape index (κ2) is 10.1. The minimum Gasteiger partial charge on any atom is -0.379 e. The molecule has 2 fully saturated rings. The van der Waals surface area contributed by atoms with E-state index in [1.165, 1.54) is 11.3 Å². The van der Waals surface area contributed by atoms with Crippen LogP contribution in [0.3, 0.4) is 0 Å². The van der Waals surface area contributed by atoms with E-state index in [-0.39, 0.29) is 27.7 Å². The lowest BCUT2D eigenvalue weighted by molar-refractivity contribution is -0.750. The molecule has 11 heteroatoms. The van der Waals surface area contributed by atoms with Crippen LogP contribution < -0.4 is 11.2 Å². The summed E-state index contributed by atoms with van der Waals surface area (Å²) in [5, 5.41) is 3.48. The van der Waals surface area contributed by atoms with Gasteiger partial charge in [-0.2, -0.15) is 10.8 Å². The zero-order chi connectivity index (χ0) is 29.0. The van der Waals surface area contributed by atoms with E-state index in [1.807, 2.05) is 36.4 Å². The van der Waals surface area contributed by atoms with Crippen molar-refractivity contribution in [3.05, 3.63) is 70.3 Å². The van der Waals surface area contributed by atoms with Gasteiger partial charge in [0.1, 0.15) is 11.9 Å². The van der Waals surface area contributed by atoms with Crippen molar-refractivity contribution in [2.75, 3.05) is 31.6 Å². The lowest BCUT2D eigenvalue weighted by atomic mass is 9.85. The van der Waals surface area contributed by atoms with Crippen molar-refractivity contribution in [1.82, 2.24) is 9.88 Å². The standard InChI is InChI=1S/C30H35N7O3S/c1-29(2,3)23-15-33-28(41-23)35-26(38)20-9-7-19(8-10-20)25-34-24(22-14-32-11-13-37(22,25)31)21-6-5-12-36(16-21)27(39)30(4)17-40-18-30/h7-11,13-15,21H,5-6,12,16-18,31H2,1-4H3/p+1/t21-,37?/m1/s1. The molecule has 214 valence electrons. The molecule has 2 aromatic rings. The molecule has 1 unspecified atom stereocenters. The number of rotatable bonds is 5. The first-order chi connectivity index (χ1) is 19.5. The summed E-state index contributed by atoms with van der Waals surface area (Å²) in [6, 6.07) is 7.30. The van der Waals surface area contributed by atoms with Crippen molar-refractivity contribution in [2.24, 2.45) is 27.2 Å². The number of carbonyl (C=O) groups is 2. The van der Waals surface area contributed by atoms with Gasteiger partial charge in [0.25, 0.3) is 11.7 Å². The van der Waals surface area contributed by atoms with Crippen LogP contribution in [0.5, 0.6) is 0 Å². The minimum atomic E-state index is -0.436. The predicted molar refractivity (Wildman–Crippen MR) is 159 cm³/mol. The van der Waals surface area contributed by atoms with Crippen LogP contribution in [0.4, 0.5) is 5.13 Å². The molecule has 10 nitrogen and oxygen atoms in total. The van der Waals surface area contributed by atoms with Gasteiger partial charge in [-0.25, -0.2) is 4.98 Å². The number of likely N-dealkylation sites (tertiary alicyclic amines) is 1. The van der Waals surface area contributed by atoms with Crippen LogP contribution in [0, 0.1) is 11.3 Å². The summed E-state index contributed by atoms with van der Waals surface area (Å²) in [6.45, 7) is 10.6. The number of nitrogens with two attached hydrogens (primary N) is 1. The number of nitrogens with zero attached hydrogens (tertiary/aromatic N) is 5. The molecule has 2 saturated heterocycles. The number of aromatic nitrogens is 1. The van der Waals surface area contributed by atoms with Gasteiger partial charge in [-0.3, -0.25) is 19.9 Å². The van der Waals surface area contributed by atoms with Gasteiger partial charge < -0.3 is 9.64 Å². The van der Waals surface area contributed by atoms with E-state index in [4.69, 9.17) is 15.6 Å². The molecular weight excluding hydrogens is 538 g/mol. The van der Waals surface area contributed by atoms with Gasteiger partial charge in [0.15, 0.2) is 5.13 Å². The normalized spacial score (nSPS) is 25.0. The molecule has 4 aliphatic heterocycles. The summed E-state index contributed by atoms with van der Waals surface area (Å²) in [5.74, 6) is 7.58. The number of ether oxygens (including phenoxy) is 1. The Hall–Kier alpha value is -3.51. The molecule has 6 rings (SSSR count). The van der Waals surface area contributed by atoms with E-state index in [9.17, 15) is 9.59 Å². The Morgan fingerprint density at radius 2 is 1.98 bits per heavy atom. The zero-order valence-corrected chi connectivity index (χ0v) is 24.7. The first-order valence-corrected chi connectivity index (χ1v) is 14.8. The number of piperidine rings is 1. The Morgan fingerprint density at radius 3 is 2.63 bits per heavy atom. The number of allylic oxidation sites excluding steroid dienone is 1. The van der Waals surface area contributed by atoms with Crippen molar-refractivity contribution in [1.29, 1.82) is 0 Å². The summed E-state index contributed by atoms with van der Waals surface area (Å²) >= 11 is 1.48. The molecular formula is C30H36N7O3S+. The van der Waals surface area contributed by atoms with Gasteiger partial charge in [0, 0.05) is 35.6 Å². The molecule has 41 heavy (non-hydrogen) atoms. The first-order valence-electron chi connectivity index (χ1n) is 14.0. The zero-order valence-electron chi connectivity index (χ0n) is 23.9. The summed E-state index contributed by atoms with van der Waals surface area (Å²) in [7, 11) is 0. The van der Waals surface area contributed by atoms with Gasteiger partial charge >= 0.3 is 0 Å². The summed E-state index contributed by atoms with van der Waals surface area (Å²) in [4.78, 5) is 43.1. The van der Waals surface area contributed by atoms with Crippen LogP contribution in [0.25, 0.3) is 0 Å². The van der Waals surface area contributed by atoms with Gasteiger partial charge in [0.2, 0.25) is 11.6 Å². The van der Waals surface area contributed by atoms with Crippen molar-refractivity contribution < 1.29 is 18.9 Å². The molecule has 0 spiro atoms. The molecule has 3 N–H and O–H groups in total. The third kappa shape index (κ3) is 4.97. The lowest BCUT2D eigenvalue weighted by Gasteiger charge is -2.42.